The van der Waals surface area contributed by atoms with Crippen LogP contribution in [0.3, 0.4) is 0 Å². The van der Waals surface area contributed by atoms with Crippen LogP contribution in [-0.2, 0) is 48.0 Å². The second-order valence-corrected chi connectivity index (χ2v) is 21.6. The number of alkyl halides is 4. The maximum atomic E-state index is 14.8. The van der Waals surface area contributed by atoms with Gasteiger partial charge in [-0.2, -0.15) is 13.2 Å². The molecule has 3 saturated heterocycles. The van der Waals surface area contributed by atoms with Crippen LogP contribution in [0.25, 0.3) is 33.3 Å². The highest BCUT2D eigenvalue weighted by Gasteiger charge is 2.48. The van der Waals surface area contributed by atoms with Crippen LogP contribution in [0.5, 0.6) is 0 Å². The Morgan fingerprint density at radius 3 is 2.42 bits per heavy atom. The number of carbonyl (C=O) groups is 5. The summed E-state index contributed by atoms with van der Waals surface area (Å²) in [6.07, 6.45) is 1.21. The number of likely N-dealkylation sites (tertiary alicyclic amines) is 2. The fraction of sp³-hybridized carbons (Fsp3) is 0.527. The summed E-state index contributed by atoms with van der Waals surface area (Å²) in [4.78, 5) is 79.4. The van der Waals surface area contributed by atoms with E-state index in [2.05, 4.69) is 15.7 Å². The number of methoxy groups -OCH3 is 1. The third-order valence-corrected chi connectivity index (χ3v) is 15.1. The molecule has 15 nitrogen and oxygen atoms in total. The van der Waals surface area contributed by atoms with Crippen molar-refractivity contribution in [3.05, 3.63) is 89.8 Å². The predicted molar refractivity (Wildman–Crippen MR) is 271 cm³/mol. The number of hydrogen-bond donors (Lipinski definition) is 2. The highest BCUT2D eigenvalue weighted by atomic mass is 19.4. The summed E-state index contributed by atoms with van der Waals surface area (Å²) in [6, 6.07) is 12.8. The predicted octanol–water partition coefficient (Wildman–Crippen LogP) is 7.81. The van der Waals surface area contributed by atoms with Crippen LogP contribution in [0.1, 0.15) is 83.2 Å². The van der Waals surface area contributed by atoms with E-state index >= 15 is 0 Å². The van der Waals surface area contributed by atoms with Gasteiger partial charge in [0.1, 0.15) is 31.3 Å². The highest BCUT2D eigenvalue weighted by molar-refractivity contribution is 5.96. The smallest absolute Gasteiger partial charge is 0.406 e. The van der Waals surface area contributed by atoms with Crippen molar-refractivity contribution < 1.29 is 51.0 Å². The number of pyridine rings is 1. The van der Waals surface area contributed by atoms with Crippen molar-refractivity contribution in [3.8, 4) is 22.4 Å². The third kappa shape index (κ3) is 11.6. The number of hydrogen-bond acceptors (Lipinski definition) is 9. The Morgan fingerprint density at radius 1 is 1.00 bits per heavy atom. The molecule has 0 radical (unpaired) electrons. The number of ether oxygens (including phenoxy) is 2. The number of halogens is 4. The summed E-state index contributed by atoms with van der Waals surface area (Å²) in [5.41, 5.74) is 6.48. The van der Waals surface area contributed by atoms with Crippen LogP contribution in [0, 0.1) is 16.7 Å². The molecule has 4 atom stereocenters. The van der Waals surface area contributed by atoms with Crippen LogP contribution in [0.4, 0.5) is 22.4 Å². The van der Waals surface area contributed by atoms with E-state index in [1.54, 1.807) is 54.2 Å². The van der Waals surface area contributed by atoms with Gasteiger partial charge >= 0.3 is 18.2 Å². The number of rotatable bonds is 10. The Hall–Kier alpha value is -6.34. The van der Waals surface area contributed by atoms with Gasteiger partial charge in [0.25, 0.3) is 5.91 Å². The van der Waals surface area contributed by atoms with Crippen LogP contribution >= 0.6 is 0 Å². The van der Waals surface area contributed by atoms with Crippen molar-refractivity contribution >= 4 is 40.6 Å². The van der Waals surface area contributed by atoms with Crippen LogP contribution in [-0.4, -0.2) is 143 Å². The standard InChI is InChI=1S/C55H68F4N8O7/c1-34(2)47(63(6)52(72)64-24-19-54(20-25-64)30-65(31-54)45(68)16-9-21-56)49(69)61-43-27-36-12-8-13-37(26-36)38-17-18-44-40(28-38)41(29-53(4,5)33-74-51(71)42-15-11-23-67(62-42)50(43)70)48(66(44)32-55(57,58)59)39-14-10-22-60-46(39)35(3)73-7/h8-10,12-14,16-18,22,26,28,34-35,42-43,47,62H,11,15,19-21,23-25,27,29-33H2,1-7H3,(H,61,69)/b16-9+/t35-,42-,43-,47-/m0/s1. The summed E-state index contributed by atoms with van der Waals surface area (Å²) in [7, 11) is 3.10. The maximum Gasteiger partial charge on any atom is 0.406 e. The summed E-state index contributed by atoms with van der Waals surface area (Å²) >= 11 is 0. The minimum atomic E-state index is -4.60. The van der Waals surface area contributed by atoms with Gasteiger partial charge in [-0.25, -0.2) is 14.6 Å². The number of urea groups is 1. The van der Waals surface area contributed by atoms with E-state index in [1.165, 1.54) is 33.7 Å². The zero-order valence-corrected chi connectivity index (χ0v) is 43.3. The molecule has 2 aromatic heterocycles. The largest absolute Gasteiger partial charge is 0.464 e. The summed E-state index contributed by atoms with van der Waals surface area (Å²) < 4.78 is 69.8. The van der Waals surface area contributed by atoms with Gasteiger partial charge in [0.15, 0.2) is 0 Å². The minimum absolute atomic E-state index is 0.0146. The first kappa shape index (κ1) is 53.9. The van der Waals surface area contributed by atoms with Crippen molar-refractivity contribution in [2.24, 2.45) is 16.7 Å². The molecule has 0 unspecified atom stereocenters. The van der Waals surface area contributed by atoms with Gasteiger partial charge < -0.3 is 34.1 Å². The number of fused-ring (bicyclic) bond motifs is 6. The molecule has 4 aliphatic heterocycles. The Balaban J connectivity index is 1.13. The van der Waals surface area contributed by atoms with Gasteiger partial charge in [-0.3, -0.25) is 29.2 Å². The van der Waals surface area contributed by atoms with Crippen molar-refractivity contribution in [2.45, 2.75) is 110 Å². The minimum Gasteiger partial charge on any atom is -0.464 e. The molecule has 4 aromatic rings. The second kappa shape index (κ2) is 21.9. The molecule has 2 aromatic carbocycles. The number of allylic oxidation sites excluding steroid dienone is 1. The molecule has 6 heterocycles. The number of carbonyl (C=O) groups excluding carboxylic acids is 5. The molecular formula is C55H68F4N8O7. The van der Waals surface area contributed by atoms with Gasteiger partial charge in [-0.1, -0.05) is 58.0 Å². The first-order valence-corrected chi connectivity index (χ1v) is 25.5. The van der Waals surface area contributed by atoms with E-state index in [9.17, 15) is 41.5 Å². The average molecular weight is 1030 g/mol. The SMILES string of the molecule is CO[C@@H](C)c1ncccc1-c1c2c3cc(ccc3n1CC(F)(F)F)-c1cccc(c1)C[C@H](NC(=O)[C@H](C(C)C)N(C)C(=O)N1CCC3(CC1)CN(C(=O)/C=C/CF)C3)C(=O)N1CCC[C@H](N1)C(=O)OCC(C)(C)C2. The number of esters is 1. The lowest BCUT2D eigenvalue weighted by molar-refractivity contribution is -0.155. The molecule has 2 N–H and O–H groups in total. The Kier molecular flexibility index (Phi) is 15.9. The molecule has 398 valence electrons. The first-order valence-electron chi connectivity index (χ1n) is 25.5. The number of benzene rings is 2. The van der Waals surface area contributed by atoms with E-state index in [1.807, 2.05) is 58.0 Å². The quantitative estimate of drug-likeness (QED) is 0.0919. The van der Waals surface area contributed by atoms with Crippen molar-refractivity contribution in [1.29, 1.82) is 0 Å². The Morgan fingerprint density at radius 2 is 1.73 bits per heavy atom. The second-order valence-electron chi connectivity index (χ2n) is 21.6. The van der Waals surface area contributed by atoms with E-state index in [0.29, 0.717) is 96.4 Å². The molecule has 74 heavy (non-hydrogen) atoms. The van der Waals surface area contributed by atoms with Gasteiger partial charge in [0.05, 0.1) is 24.1 Å². The molecule has 19 heteroatoms. The topological polar surface area (TPSA) is 159 Å². The molecule has 3 fully saturated rings. The molecule has 1 spiro atoms. The number of cyclic esters (lactones) is 1. The fourth-order valence-corrected chi connectivity index (χ4v) is 11.2. The van der Waals surface area contributed by atoms with Gasteiger partial charge in [-0.15, -0.1) is 0 Å². The number of aromatic nitrogens is 2. The van der Waals surface area contributed by atoms with E-state index in [-0.39, 0.29) is 49.3 Å². The number of amides is 5. The molecular weight excluding hydrogens is 961 g/mol. The normalized spacial score (nSPS) is 21.1. The summed E-state index contributed by atoms with van der Waals surface area (Å²) in [5.74, 6) is -2.25. The molecule has 0 aliphatic carbocycles. The zero-order valence-electron chi connectivity index (χ0n) is 43.3. The Labute approximate surface area is 429 Å². The molecule has 8 rings (SSSR count). The molecule has 0 saturated carbocycles. The van der Waals surface area contributed by atoms with E-state index in [4.69, 9.17) is 9.47 Å². The summed E-state index contributed by atoms with van der Waals surface area (Å²) in [6.45, 7) is 9.27. The monoisotopic (exact) mass is 1030 g/mol. The number of likely N-dealkylation sites (N-methyl/N-ethyl adjacent to an activating group) is 1. The lowest BCUT2D eigenvalue weighted by atomic mass is 9.72. The highest BCUT2D eigenvalue weighted by Crippen LogP contribution is 2.44. The lowest BCUT2D eigenvalue weighted by Crippen LogP contribution is -2.64. The van der Waals surface area contributed by atoms with Gasteiger partial charge in [-0.05, 0) is 97.5 Å². The van der Waals surface area contributed by atoms with Crippen molar-refractivity contribution in [3.63, 3.8) is 0 Å². The van der Waals surface area contributed by atoms with Gasteiger partial charge in [0, 0.05) is 92.9 Å². The van der Waals surface area contributed by atoms with Crippen LogP contribution in [0.2, 0.25) is 0 Å². The van der Waals surface area contributed by atoms with E-state index in [0.717, 1.165) is 5.56 Å². The van der Waals surface area contributed by atoms with Crippen molar-refractivity contribution in [2.75, 3.05) is 60.2 Å². The van der Waals surface area contributed by atoms with Crippen LogP contribution in [0.15, 0.2) is 72.9 Å². The molecule has 5 amide bonds. The number of piperidine rings is 1. The fourth-order valence-electron chi connectivity index (χ4n) is 11.2. The molecule has 4 aliphatic rings. The van der Waals surface area contributed by atoms with Crippen LogP contribution < -0.4 is 10.7 Å². The third-order valence-electron chi connectivity index (χ3n) is 15.1. The van der Waals surface area contributed by atoms with E-state index < -0.39 is 66.8 Å². The average Bonchev–Trinajstić information content (AvgIpc) is 3.64. The Bertz CT molecular complexity index is 2780. The van der Waals surface area contributed by atoms with Crippen molar-refractivity contribution in [1.82, 2.24) is 40.0 Å². The first-order chi connectivity index (χ1) is 35.1. The molecule has 6 bridgehead atoms. The number of nitrogens with one attached hydrogen (secondary N) is 2. The maximum absolute atomic E-state index is 14.8. The number of nitrogens with zero attached hydrogens (tertiary/aromatic N) is 6. The zero-order chi connectivity index (χ0) is 53.3. The van der Waals surface area contributed by atoms with Gasteiger partial charge in [0.2, 0.25) is 11.8 Å². The number of hydrazine groups is 1. The lowest BCUT2D eigenvalue weighted by Gasteiger charge is -2.54. The summed E-state index contributed by atoms with van der Waals surface area (Å²) in [5, 5.41) is 4.94.